The van der Waals surface area contributed by atoms with Crippen LogP contribution >= 0.6 is 0 Å². The first kappa shape index (κ1) is 14.5. The molecule has 0 aromatic heterocycles. The Kier molecular flexibility index (Phi) is 5.13. The maximum Gasteiger partial charge on any atom is 0.165 e. The highest BCUT2D eigenvalue weighted by Crippen LogP contribution is 2.23. The number of hydrogen-bond acceptors (Lipinski definition) is 2. The summed E-state index contributed by atoms with van der Waals surface area (Å²) in [6, 6.07) is 15.1. The van der Waals surface area contributed by atoms with Crippen LogP contribution in [0.5, 0.6) is 5.75 Å². The van der Waals surface area contributed by atoms with Crippen LogP contribution in [-0.2, 0) is 6.42 Å². The third-order valence-corrected chi connectivity index (χ3v) is 3.43. The second kappa shape index (κ2) is 7.06. The van der Waals surface area contributed by atoms with E-state index in [1.54, 1.807) is 6.07 Å². The molecule has 1 atom stereocenters. The van der Waals surface area contributed by atoms with Gasteiger partial charge >= 0.3 is 0 Å². The molecule has 0 bridgehead atoms. The lowest BCUT2D eigenvalue weighted by atomic mass is 9.99. The number of nitrogens with two attached hydrogens (primary N) is 1. The minimum atomic E-state index is -0.358. The third kappa shape index (κ3) is 3.81. The van der Waals surface area contributed by atoms with Gasteiger partial charge in [-0.25, -0.2) is 4.39 Å². The molecule has 2 nitrogen and oxygen atoms in total. The van der Waals surface area contributed by atoms with Crippen LogP contribution in [0.4, 0.5) is 4.39 Å². The SMILES string of the molecule is COc1ccc(C(N)CCCc2ccccc2)cc1F. The molecule has 2 aromatic carbocycles. The number of ether oxygens (including phenoxy) is 1. The van der Waals surface area contributed by atoms with E-state index in [2.05, 4.69) is 12.1 Å². The summed E-state index contributed by atoms with van der Waals surface area (Å²) in [5, 5.41) is 0. The predicted molar refractivity (Wildman–Crippen MR) is 79.3 cm³/mol. The zero-order valence-electron chi connectivity index (χ0n) is 11.7. The van der Waals surface area contributed by atoms with Crippen molar-refractivity contribution in [3.05, 3.63) is 65.5 Å². The van der Waals surface area contributed by atoms with E-state index in [4.69, 9.17) is 10.5 Å². The topological polar surface area (TPSA) is 35.2 Å². The Morgan fingerprint density at radius 1 is 1.15 bits per heavy atom. The Bertz CT molecular complexity index is 542. The van der Waals surface area contributed by atoms with Crippen LogP contribution in [0.3, 0.4) is 0 Å². The van der Waals surface area contributed by atoms with Gasteiger partial charge in [0.05, 0.1) is 7.11 Å². The zero-order valence-corrected chi connectivity index (χ0v) is 11.7. The van der Waals surface area contributed by atoms with Crippen LogP contribution in [0, 0.1) is 5.82 Å². The average Bonchev–Trinajstić information content (AvgIpc) is 2.48. The van der Waals surface area contributed by atoms with Crippen molar-refractivity contribution in [2.24, 2.45) is 5.73 Å². The van der Waals surface area contributed by atoms with Gasteiger partial charge in [0.2, 0.25) is 0 Å². The molecule has 20 heavy (non-hydrogen) atoms. The first-order valence-electron chi connectivity index (χ1n) is 6.83. The Hall–Kier alpha value is -1.87. The molecular formula is C17H20FNO. The van der Waals surface area contributed by atoms with Gasteiger partial charge in [0, 0.05) is 6.04 Å². The normalized spacial score (nSPS) is 12.2. The summed E-state index contributed by atoms with van der Waals surface area (Å²) in [4.78, 5) is 0. The largest absolute Gasteiger partial charge is 0.494 e. The third-order valence-electron chi connectivity index (χ3n) is 3.43. The highest BCUT2D eigenvalue weighted by Gasteiger charge is 2.09. The molecule has 0 spiro atoms. The van der Waals surface area contributed by atoms with Crippen LogP contribution in [0.2, 0.25) is 0 Å². The van der Waals surface area contributed by atoms with Crippen molar-refractivity contribution in [3.63, 3.8) is 0 Å². The molecule has 0 saturated heterocycles. The molecule has 0 aliphatic rings. The molecule has 106 valence electrons. The van der Waals surface area contributed by atoms with E-state index in [1.165, 1.54) is 18.7 Å². The summed E-state index contributed by atoms with van der Waals surface area (Å²) in [5.41, 5.74) is 8.23. The maximum atomic E-state index is 13.6. The van der Waals surface area contributed by atoms with E-state index in [0.29, 0.717) is 0 Å². The van der Waals surface area contributed by atoms with E-state index < -0.39 is 0 Å². The summed E-state index contributed by atoms with van der Waals surface area (Å²) >= 11 is 0. The molecule has 3 heteroatoms. The van der Waals surface area contributed by atoms with Crippen molar-refractivity contribution < 1.29 is 9.13 Å². The van der Waals surface area contributed by atoms with Crippen LogP contribution in [0.15, 0.2) is 48.5 Å². The van der Waals surface area contributed by atoms with Crippen LogP contribution in [0.25, 0.3) is 0 Å². The molecule has 1 unspecified atom stereocenters. The van der Waals surface area contributed by atoms with Gasteiger partial charge in [-0.05, 0) is 42.5 Å². The molecule has 0 saturated carbocycles. The molecule has 0 aliphatic carbocycles. The fourth-order valence-corrected chi connectivity index (χ4v) is 2.25. The van der Waals surface area contributed by atoms with Crippen molar-refractivity contribution in [1.82, 2.24) is 0 Å². The number of benzene rings is 2. The molecular weight excluding hydrogens is 253 g/mol. The van der Waals surface area contributed by atoms with Gasteiger partial charge in [-0.1, -0.05) is 36.4 Å². The lowest BCUT2D eigenvalue weighted by Crippen LogP contribution is -2.11. The molecule has 0 heterocycles. The Balaban J connectivity index is 1.88. The van der Waals surface area contributed by atoms with Gasteiger partial charge in [0.1, 0.15) is 0 Å². The van der Waals surface area contributed by atoms with Crippen molar-refractivity contribution in [1.29, 1.82) is 0 Å². The van der Waals surface area contributed by atoms with E-state index in [-0.39, 0.29) is 17.6 Å². The first-order valence-corrected chi connectivity index (χ1v) is 6.83. The monoisotopic (exact) mass is 273 g/mol. The van der Waals surface area contributed by atoms with Gasteiger partial charge < -0.3 is 10.5 Å². The molecule has 0 aliphatic heterocycles. The second-order valence-electron chi connectivity index (χ2n) is 4.88. The molecule has 0 fully saturated rings. The lowest BCUT2D eigenvalue weighted by molar-refractivity contribution is 0.385. The Morgan fingerprint density at radius 2 is 1.90 bits per heavy atom. The van der Waals surface area contributed by atoms with E-state index in [0.717, 1.165) is 24.8 Å². The van der Waals surface area contributed by atoms with Gasteiger partial charge in [0.15, 0.2) is 11.6 Å². The summed E-state index contributed by atoms with van der Waals surface area (Å²) < 4.78 is 18.5. The van der Waals surface area contributed by atoms with Crippen molar-refractivity contribution >= 4 is 0 Å². The molecule has 2 aromatic rings. The maximum absolute atomic E-state index is 13.6. The van der Waals surface area contributed by atoms with Gasteiger partial charge in [-0.15, -0.1) is 0 Å². The number of halogens is 1. The Labute approximate surface area is 119 Å². The summed E-state index contributed by atoms with van der Waals surface area (Å²) in [7, 11) is 1.46. The fraction of sp³-hybridized carbons (Fsp3) is 0.294. The summed E-state index contributed by atoms with van der Waals surface area (Å²) in [6.07, 6.45) is 2.81. The Morgan fingerprint density at radius 3 is 2.55 bits per heavy atom. The smallest absolute Gasteiger partial charge is 0.165 e. The number of aryl methyl sites for hydroxylation is 1. The van der Waals surface area contributed by atoms with Gasteiger partial charge in [-0.2, -0.15) is 0 Å². The second-order valence-corrected chi connectivity index (χ2v) is 4.88. The van der Waals surface area contributed by atoms with E-state index in [9.17, 15) is 4.39 Å². The van der Waals surface area contributed by atoms with Crippen LogP contribution in [-0.4, -0.2) is 7.11 Å². The van der Waals surface area contributed by atoms with E-state index in [1.807, 2.05) is 24.3 Å². The minimum absolute atomic E-state index is 0.140. The molecule has 0 amide bonds. The van der Waals surface area contributed by atoms with Crippen molar-refractivity contribution in [2.45, 2.75) is 25.3 Å². The van der Waals surface area contributed by atoms with Crippen molar-refractivity contribution in [3.8, 4) is 5.75 Å². The quantitative estimate of drug-likeness (QED) is 0.867. The van der Waals surface area contributed by atoms with Crippen LogP contribution < -0.4 is 10.5 Å². The number of hydrogen-bond donors (Lipinski definition) is 1. The highest BCUT2D eigenvalue weighted by atomic mass is 19.1. The van der Waals surface area contributed by atoms with Gasteiger partial charge in [0.25, 0.3) is 0 Å². The standard InChI is InChI=1S/C17H20FNO/c1-20-17-11-10-14(12-15(17)18)16(19)9-5-8-13-6-3-2-4-7-13/h2-4,6-7,10-12,16H,5,8-9,19H2,1H3. The summed E-state index contributed by atoms with van der Waals surface area (Å²) in [6.45, 7) is 0. The lowest BCUT2D eigenvalue weighted by Gasteiger charge is -2.13. The molecule has 2 rings (SSSR count). The van der Waals surface area contributed by atoms with Gasteiger partial charge in [-0.3, -0.25) is 0 Å². The summed E-state index contributed by atoms with van der Waals surface area (Å²) in [5.74, 6) is -0.103. The number of rotatable bonds is 6. The molecule has 0 radical (unpaired) electrons. The average molecular weight is 273 g/mol. The first-order chi connectivity index (χ1) is 9.70. The molecule has 2 N–H and O–H groups in total. The zero-order chi connectivity index (χ0) is 14.4. The van der Waals surface area contributed by atoms with Crippen molar-refractivity contribution in [2.75, 3.05) is 7.11 Å². The minimum Gasteiger partial charge on any atom is -0.494 e. The number of methoxy groups -OCH3 is 1. The van der Waals surface area contributed by atoms with E-state index >= 15 is 0 Å². The van der Waals surface area contributed by atoms with Crippen LogP contribution in [0.1, 0.15) is 30.0 Å². The highest BCUT2D eigenvalue weighted by molar-refractivity contribution is 5.30. The predicted octanol–water partition coefficient (Wildman–Crippen LogP) is 3.86. The fourth-order valence-electron chi connectivity index (χ4n) is 2.25.